The lowest BCUT2D eigenvalue weighted by molar-refractivity contribution is -0.384. The second kappa shape index (κ2) is 11.9. The lowest BCUT2D eigenvalue weighted by Gasteiger charge is -2.06. The van der Waals surface area contributed by atoms with Gasteiger partial charge in [-0.2, -0.15) is 5.10 Å². The van der Waals surface area contributed by atoms with Crippen LogP contribution in [0.5, 0.6) is 5.75 Å². The summed E-state index contributed by atoms with van der Waals surface area (Å²) in [6.07, 6.45) is 1.56. The molecule has 0 fully saturated rings. The average molecular weight is 470 g/mol. The van der Waals surface area contributed by atoms with Crippen LogP contribution in [-0.2, 0) is 17.2 Å². The predicted molar refractivity (Wildman–Crippen MR) is 127 cm³/mol. The fourth-order valence-electron chi connectivity index (χ4n) is 2.63. The van der Waals surface area contributed by atoms with Crippen LogP contribution in [0.25, 0.3) is 0 Å². The highest BCUT2D eigenvalue weighted by molar-refractivity contribution is 7.99. The first-order valence-electron chi connectivity index (χ1n) is 9.60. The molecule has 32 heavy (non-hydrogen) atoms. The molecule has 0 atom stereocenters. The molecule has 0 aliphatic heterocycles. The summed E-state index contributed by atoms with van der Waals surface area (Å²) in [4.78, 5) is 22.1. The van der Waals surface area contributed by atoms with E-state index in [1.165, 1.54) is 23.9 Å². The summed E-state index contributed by atoms with van der Waals surface area (Å²) in [6.45, 7) is 0.300. The highest BCUT2D eigenvalue weighted by Crippen LogP contribution is 2.17. The number of benzene rings is 3. The number of non-ortho nitro benzene ring substituents is 1. The van der Waals surface area contributed by atoms with Crippen LogP contribution in [0.15, 0.2) is 77.9 Å². The van der Waals surface area contributed by atoms with Gasteiger partial charge in [0, 0.05) is 22.9 Å². The molecule has 0 bridgehead atoms. The number of amides is 1. The number of nitro groups is 1. The Hall–Kier alpha value is -3.36. The van der Waals surface area contributed by atoms with Gasteiger partial charge in [0.15, 0.2) is 0 Å². The fraction of sp³-hybridized carbons (Fsp3) is 0.130. The average Bonchev–Trinajstić information content (AvgIpc) is 2.79. The summed E-state index contributed by atoms with van der Waals surface area (Å²) in [7, 11) is 0. The van der Waals surface area contributed by atoms with Gasteiger partial charge < -0.3 is 4.74 Å². The molecule has 0 radical (unpaired) electrons. The Bertz CT molecular complexity index is 1090. The van der Waals surface area contributed by atoms with Crippen LogP contribution in [0.3, 0.4) is 0 Å². The molecule has 3 rings (SSSR count). The van der Waals surface area contributed by atoms with Gasteiger partial charge in [0.2, 0.25) is 5.91 Å². The number of nitrogens with zero attached hydrogens (tertiary/aromatic N) is 2. The normalized spacial score (nSPS) is 10.8. The topological polar surface area (TPSA) is 93.8 Å². The van der Waals surface area contributed by atoms with Crippen molar-refractivity contribution >= 4 is 41.2 Å². The molecule has 0 aliphatic carbocycles. The lowest BCUT2D eigenvalue weighted by Crippen LogP contribution is -2.19. The molecule has 3 aromatic carbocycles. The van der Waals surface area contributed by atoms with Crippen molar-refractivity contribution in [2.75, 3.05) is 5.75 Å². The van der Waals surface area contributed by atoms with Crippen molar-refractivity contribution in [1.29, 1.82) is 0 Å². The number of hydrogen-bond donors (Lipinski definition) is 1. The highest BCUT2D eigenvalue weighted by atomic mass is 35.5. The summed E-state index contributed by atoms with van der Waals surface area (Å²) >= 11 is 7.43. The van der Waals surface area contributed by atoms with Gasteiger partial charge in [-0.25, -0.2) is 5.43 Å². The standard InChI is InChI=1S/C23H20ClN3O4S/c24-20-3-1-2-19(12-20)15-32-16-23(28)26-25-13-17-6-10-22(11-7-17)31-14-18-4-8-21(9-5-18)27(29)30/h1-13H,14-16H2,(H,26,28)/b25-13-. The van der Waals surface area contributed by atoms with E-state index in [1.54, 1.807) is 30.5 Å². The van der Waals surface area contributed by atoms with Crippen LogP contribution >= 0.6 is 23.4 Å². The number of thioether (sulfide) groups is 1. The Morgan fingerprint density at radius 2 is 1.84 bits per heavy atom. The van der Waals surface area contributed by atoms with Gasteiger partial charge in [-0.05, 0) is 65.2 Å². The SMILES string of the molecule is O=C(CSCc1cccc(Cl)c1)N/N=C\c1ccc(OCc2ccc([N+](=O)[O-])cc2)cc1. The first-order valence-corrected chi connectivity index (χ1v) is 11.1. The minimum Gasteiger partial charge on any atom is -0.489 e. The molecule has 7 nitrogen and oxygen atoms in total. The molecule has 164 valence electrons. The minimum atomic E-state index is -0.437. The summed E-state index contributed by atoms with van der Waals surface area (Å²) in [5, 5.41) is 15.3. The molecule has 9 heteroatoms. The maximum atomic E-state index is 11.9. The molecule has 1 amide bonds. The number of ether oxygens (including phenoxy) is 1. The zero-order valence-electron chi connectivity index (χ0n) is 16.9. The van der Waals surface area contributed by atoms with E-state index in [0.717, 1.165) is 16.7 Å². The number of carbonyl (C=O) groups is 1. The molecule has 0 saturated heterocycles. The van der Waals surface area contributed by atoms with Crippen molar-refractivity contribution in [2.24, 2.45) is 5.10 Å². The number of nitrogens with one attached hydrogen (secondary N) is 1. The third-order valence-corrected chi connectivity index (χ3v) is 5.47. The van der Waals surface area contributed by atoms with Crippen molar-refractivity contribution in [3.05, 3.63) is 105 Å². The van der Waals surface area contributed by atoms with Crippen molar-refractivity contribution in [1.82, 2.24) is 5.43 Å². The number of hydrazone groups is 1. The van der Waals surface area contributed by atoms with E-state index in [0.29, 0.717) is 28.9 Å². The van der Waals surface area contributed by atoms with Gasteiger partial charge in [-0.1, -0.05) is 23.7 Å². The van der Waals surface area contributed by atoms with E-state index < -0.39 is 4.92 Å². The van der Waals surface area contributed by atoms with Crippen molar-refractivity contribution in [3.8, 4) is 5.75 Å². The van der Waals surface area contributed by atoms with E-state index in [-0.39, 0.29) is 11.6 Å². The Morgan fingerprint density at radius 1 is 1.09 bits per heavy atom. The molecule has 0 aromatic heterocycles. The van der Waals surface area contributed by atoms with Gasteiger partial charge in [-0.3, -0.25) is 14.9 Å². The van der Waals surface area contributed by atoms with E-state index in [2.05, 4.69) is 10.5 Å². The number of rotatable bonds is 10. The lowest BCUT2D eigenvalue weighted by atomic mass is 10.2. The monoisotopic (exact) mass is 469 g/mol. The Kier molecular flexibility index (Phi) is 8.65. The van der Waals surface area contributed by atoms with Gasteiger partial charge >= 0.3 is 0 Å². The summed E-state index contributed by atoms with van der Waals surface area (Å²) in [6, 6.07) is 21.0. The maximum absolute atomic E-state index is 11.9. The second-order valence-electron chi connectivity index (χ2n) is 6.70. The van der Waals surface area contributed by atoms with Crippen molar-refractivity contribution < 1.29 is 14.5 Å². The molecule has 0 aliphatic rings. The van der Waals surface area contributed by atoms with Crippen LogP contribution in [0.4, 0.5) is 5.69 Å². The van der Waals surface area contributed by atoms with Crippen molar-refractivity contribution in [2.45, 2.75) is 12.4 Å². The molecule has 0 heterocycles. The third-order valence-electron chi connectivity index (χ3n) is 4.23. The molecule has 0 unspecified atom stereocenters. The summed E-state index contributed by atoms with van der Waals surface area (Å²) < 4.78 is 5.68. The largest absolute Gasteiger partial charge is 0.489 e. The minimum absolute atomic E-state index is 0.0455. The van der Waals surface area contributed by atoms with Crippen LogP contribution in [0.2, 0.25) is 5.02 Å². The highest BCUT2D eigenvalue weighted by Gasteiger charge is 2.04. The number of hydrogen-bond acceptors (Lipinski definition) is 6. The van der Waals surface area contributed by atoms with E-state index >= 15 is 0 Å². The van der Waals surface area contributed by atoms with Crippen LogP contribution < -0.4 is 10.2 Å². The summed E-state index contributed by atoms with van der Waals surface area (Å²) in [5.41, 5.74) is 5.25. The maximum Gasteiger partial charge on any atom is 0.269 e. The van der Waals surface area contributed by atoms with E-state index in [4.69, 9.17) is 16.3 Å². The smallest absolute Gasteiger partial charge is 0.269 e. The zero-order valence-corrected chi connectivity index (χ0v) is 18.5. The first kappa shape index (κ1) is 23.3. The van der Waals surface area contributed by atoms with Gasteiger partial charge in [0.1, 0.15) is 12.4 Å². The zero-order chi connectivity index (χ0) is 22.8. The molecular weight excluding hydrogens is 450 g/mol. The number of nitro benzene ring substituents is 1. The molecule has 1 N–H and O–H groups in total. The molecular formula is C23H20ClN3O4S. The van der Waals surface area contributed by atoms with Crippen LogP contribution in [0.1, 0.15) is 16.7 Å². The van der Waals surface area contributed by atoms with E-state index in [9.17, 15) is 14.9 Å². The quantitative estimate of drug-likeness (QED) is 0.250. The van der Waals surface area contributed by atoms with Crippen molar-refractivity contribution in [3.63, 3.8) is 0 Å². The van der Waals surface area contributed by atoms with E-state index in [1.807, 2.05) is 36.4 Å². The second-order valence-corrected chi connectivity index (χ2v) is 8.12. The molecule has 0 spiro atoms. The van der Waals surface area contributed by atoms with Gasteiger partial charge in [0.25, 0.3) is 5.69 Å². The van der Waals surface area contributed by atoms with Crippen LogP contribution in [-0.4, -0.2) is 22.8 Å². The Balaban J connectivity index is 1.38. The molecule has 3 aromatic rings. The van der Waals surface area contributed by atoms with Gasteiger partial charge in [-0.15, -0.1) is 11.8 Å². The first-order chi connectivity index (χ1) is 15.5. The Morgan fingerprint density at radius 3 is 2.53 bits per heavy atom. The van der Waals surface area contributed by atoms with Crippen LogP contribution in [0, 0.1) is 10.1 Å². The predicted octanol–water partition coefficient (Wildman–Crippen LogP) is 5.21. The fourth-order valence-corrected chi connectivity index (χ4v) is 3.61. The van der Waals surface area contributed by atoms with Gasteiger partial charge in [0.05, 0.1) is 16.9 Å². The number of carbonyl (C=O) groups excluding carboxylic acids is 1. The summed E-state index contributed by atoms with van der Waals surface area (Å²) in [5.74, 6) is 1.46. The third kappa shape index (κ3) is 7.72. The number of halogens is 1. The molecule has 0 saturated carbocycles. The Labute approximate surface area is 194 Å².